The molecule has 0 radical (unpaired) electrons. The summed E-state index contributed by atoms with van der Waals surface area (Å²) in [6, 6.07) is 0. The molecule has 11 heteroatoms. The van der Waals surface area contributed by atoms with Crippen LogP contribution in [0.4, 0.5) is 13.2 Å². The summed E-state index contributed by atoms with van der Waals surface area (Å²) in [7, 11) is -5.15. The van der Waals surface area contributed by atoms with Gasteiger partial charge in [0.2, 0.25) is 4.32 Å². The number of carboxylic acids is 1. The molecule has 0 aromatic carbocycles. The third-order valence-corrected chi connectivity index (χ3v) is 5.72. The highest BCUT2D eigenvalue weighted by Gasteiger charge is 2.62. The van der Waals surface area contributed by atoms with Gasteiger partial charge in [0.05, 0.1) is 7.11 Å². The van der Waals surface area contributed by atoms with Gasteiger partial charge in [-0.15, -0.1) is 0 Å². The third kappa shape index (κ3) is 2.60. The van der Waals surface area contributed by atoms with Crippen molar-refractivity contribution in [1.82, 2.24) is 0 Å². The van der Waals surface area contributed by atoms with Crippen LogP contribution in [0.25, 0.3) is 0 Å². The smallest absolute Gasteiger partial charge is 0.480 e. The lowest BCUT2D eigenvalue weighted by molar-refractivity contribution is -0.153. The van der Waals surface area contributed by atoms with E-state index in [-0.39, 0.29) is 0 Å². The topological polar surface area (TPSA) is 97.7 Å². The molecule has 0 bridgehead atoms. The summed E-state index contributed by atoms with van der Waals surface area (Å²) in [4.78, 5) is 22.1. The molecule has 0 aromatic rings. The highest BCUT2D eigenvalue weighted by atomic mass is 79.9. The highest BCUT2D eigenvalue weighted by molar-refractivity contribution is 9.10. The minimum absolute atomic E-state index is 0.447. The van der Waals surface area contributed by atoms with Crippen molar-refractivity contribution in [2.75, 3.05) is 7.11 Å². The van der Waals surface area contributed by atoms with E-state index in [1.807, 2.05) is 0 Å². The van der Waals surface area contributed by atoms with Gasteiger partial charge in [-0.3, -0.25) is 4.79 Å². The number of methoxy groups -OCH3 is 1. The quantitative estimate of drug-likeness (QED) is 0.452. The molecule has 0 saturated heterocycles. The monoisotopic (exact) mass is 356 g/mol. The second-order valence-corrected chi connectivity index (χ2v) is 6.65. The van der Waals surface area contributed by atoms with Gasteiger partial charge in [0.1, 0.15) is 5.25 Å². The number of rotatable bonds is 4. The summed E-state index contributed by atoms with van der Waals surface area (Å²) in [6.45, 7) is 0.447. The van der Waals surface area contributed by atoms with Gasteiger partial charge in [0.25, 0.3) is 9.84 Å². The summed E-state index contributed by atoms with van der Waals surface area (Å²) in [5, 5.41) is 6.15. The van der Waals surface area contributed by atoms with Crippen LogP contribution in [-0.4, -0.2) is 47.7 Å². The van der Waals surface area contributed by atoms with Gasteiger partial charge in [-0.25, -0.2) is 13.2 Å². The summed E-state index contributed by atoms with van der Waals surface area (Å²) in [5.74, 6) is -3.76. The van der Waals surface area contributed by atoms with E-state index in [4.69, 9.17) is 5.11 Å². The second kappa shape index (κ2) is 5.03. The molecule has 0 amide bonds. The summed E-state index contributed by atoms with van der Waals surface area (Å²) in [5.41, 5.74) is -5.69. The molecule has 0 heterocycles. The minimum Gasteiger partial charge on any atom is -0.480 e. The first kappa shape index (κ1) is 17.2. The normalized spacial score (nSPS) is 17.7. The lowest BCUT2D eigenvalue weighted by atomic mass is 10.1. The van der Waals surface area contributed by atoms with E-state index < -0.39 is 36.9 Å². The molecule has 106 valence electrons. The van der Waals surface area contributed by atoms with E-state index in [9.17, 15) is 31.2 Å². The molecule has 0 aliphatic carbocycles. The van der Waals surface area contributed by atoms with Crippen molar-refractivity contribution in [2.24, 2.45) is 0 Å². The number of hydrogen-bond donors (Lipinski definition) is 1. The SMILES string of the molecule is COC(=O)C(Br)(C(=O)O)C(C)S(=O)(=O)C(F)(F)F. The van der Waals surface area contributed by atoms with Gasteiger partial charge < -0.3 is 9.84 Å². The third-order valence-electron chi connectivity index (χ3n) is 2.14. The molecule has 6 nitrogen and oxygen atoms in total. The van der Waals surface area contributed by atoms with Gasteiger partial charge in [-0.1, -0.05) is 15.9 Å². The van der Waals surface area contributed by atoms with Crippen molar-refractivity contribution < 1.29 is 41.0 Å². The molecular weight excluding hydrogens is 349 g/mol. The van der Waals surface area contributed by atoms with Crippen molar-refractivity contribution in [2.45, 2.75) is 22.0 Å². The van der Waals surface area contributed by atoms with Crippen molar-refractivity contribution in [3.05, 3.63) is 0 Å². The van der Waals surface area contributed by atoms with Crippen LogP contribution >= 0.6 is 15.9 Å². The number of carboxylic acid groups (broad SMARTS) is 1. The van der Waals surface area contributed by atoms with Crippen LogP contribution in [0.1, 0.15) is 6.92 Å². The van der Waals surface area contributed by atoms with E-state index in [2.05, 4.69) is 20.7 Å². The molecule has 0 aliphatic rings. The number of alkyl halides is 4. The lowest BCUT2D eigenvalue weighted by Crippen LogP contribution is -2.55. The molecule has 0 saturated carbocycles. The zero-order valence-corrected chi connectivity index (χ0v) is 11.4. The van der Waals surface area contributed by atoms with Gasteiger partial charge in [-0.05, 0) is 6.92 Å². The van der Waals surface area contributed by atoms with Gasteiger partial charge in [-0.2, -0.15) is 13.2 Å². The first-order valence-corrected chi connectivity index (χ1v) is 6.48. The maximum atomic E-state index is 12.3. The van der Waals surface area contributed by atoms with Crippen LogP contribution in [0.15, 0.2) is 0 Å². The fourth-order valence-corrected chi connectivity index (χ4v) is 2.92. The molecular formula is C7H8BrF3O6S. The number of halogens is 4. The lowest BCUT2D eigenvalue weighted by Gasteiger charge is -2.26. The highest BCUT2D eigenvalue weighted by Crippen LogP contribution is 2.37. The first-order valence-electron chi connectivity index (χ1n) is 4.14. The average molecular weight is 357 g/mol. The fourth-order valence-electron chi connectivity index (χ4n) is 0.990. The van der Waals surface area contributed by atoms with Crippen molar-refractivity contribution in [1.29, 1.82) is 0 Å². The standard InChI is InChI=1S/C7H8BrF3O6S/c1-3(18(15,16)7(9,10)11)6(8,4(12)13)5(14)17-2/h3H,1-2H3,(H,12,13). The molecule has 0 fully saturated rings. The molecule has 0 spiro atoms. The number of hydrogen-bond acceptors (Lipinski definition) is 5. The molecule has 2 unspecified atom stereocenters. The number of ether oxygens (including phenoxy) is 1. The van der Waals surface area contributed by atoms with Crippen LogP contribution in [0.5, 0.6) is 0 Å². The van der Waals surface area contributed by atoms with Crippen molar-refractivity contribution in [3.63, 3.8) is 0 Å². The van der Waals surface area contributed by atoms with E-state index >= 15 is 0 Å². The number of carbonyl (C=O) groups excluding carboxylic acids is 1. The Morgan fingerprint density at radius 2 is 1.72 bits per heavy atom. The Balaban J connectivity index is 5.87. The largest absolute Gasteiger partial charge is 0.497 e. The second-order valence-electron chi connectivity index (χ2n) is 3.14. The number of aliphatic carboxylic acids is 1. The van der Waals surface area contributed by atoms with Gasteiger partial charge >= 0.3 is 17.4 Å². The predicted molar refractivity (Wildman–Crippen MR) is 55.7 cm³/mol. The zero-order chi connectivity index (χ0) is 14.9. The molecule has 0 rings (SSSR count). The zero-order valence-electron chi connectivity index (χ0n) is 8.99. The van der Waals surface area contributed by atoms with E-state index in [1.165, 1.54) is 0 Å². The number of sulfone groups is 1. The van der Waals surface area contributed by atoms with E-state index in [1.54, 1.807) is 0 Å². The van der Waals surface area contributed by atoms with Crippen molar-refractivity contribution >= 4 is 37.7 Å². The van der Waals surface area contributed by atoms with Gasteiger partial charge in [0.15, 0.2) is 0 Å². The molecule has 0 aliphatic heterocycles. The molecule has 1 N–H and O–H groups in total. The van der Waals surface area contributed by atoms with Crippen LogP contribution < -0.4 is 0 Å². The van der Waals surface area contributed by atoms with E-state index in [0.717, 1.165) is 0 Å². The Bertz CT molecular complexity index is 458. The average Bonchev–Trinajstić information content (AvgIpc) is 2.23. The molecule has 18 heavy (non-hydrogen) atoms. The molecule has 2 atom stereocenters. The first-order chi connectivity index (χ1) is 7.83. The number of carbonyl (C=O) groups is 2. The predicted octanol–water partition coefficient (Wildman–Crippen LogP) is 0.701. The van der Waals surface area contributed by atoms with Crippen LogP contribution in [-0.2, 0) is 24.2 Å². The Hall–Kier alpha value is -0.840. The molecule has 0 aromatic heterocycles. The Kier molecular flexibility index (Phi) is 4.80. The summed E-state index contributed by atoms with van der Waals surface area (Å²) in [6.07, 6.45) is 0. The maximum Gasteiger partial charge on any atom is 0.497 e. The summed E-state index contributed by atoms with van der Waals surface area (Å²) < 4.78 is 60.0. The van der Waals surface area contributed by atoms with Crippen LogP contribution in [0, 0.1) is 0 Å². The maximum absolute atomic E-state index is 12.3. The van der Waals surface area contributed by atoms with Gasteiger partial charge in [0, 0.05) is 0 Å². The summed E-state index contributed by atoms with van der Waals surface area (Å²) >= 11 is 2.22. The number of esters is 1. The van der Waals surface area contributed by atoms with E-state index in [0.29, 0.717) is 14.0 Å². The van der Waals surface area contributed by atoms with Crippen molar-refractivity contribution in [3.8, 4) is 0 Å². The Morgan fingerprint density at radius 3 is 1.94 bits per heavy atom. The Morgan fingerprint density at radius 1 is 1.33 bits per heavy atom. The fraction of sp³-hybridized carbons (Fsp3) is 0.714. The van der Waals surface area contributed by atoms with Crippen LogP contribution in [0.3, 0.4) is 0 Å². The van der Waals surface area contributed by atoms with Crippen LogP contribution in [0.2, 0.25) is 0 Å². The Labute approximate surface area is 108 Å². The minimum atomic E-state index is -5.86.